The van der Waals surface area contributed by atoms with Crippen LogP contribution in [0.25, 0.3) is 0 Å². The van der Waals surface area contributed by atoms with E-state index in [2.05, 4.69) is 4.98 Å². The standard InChI is InChI=1S/C10H15N3O2/c1-12-7-11-5-8(12)6-13-4-2-3-9(13)10(14)15/h5,7,9H,2-4,6H2,1H3,(H,14,15). The number of carboxylic acid groups (broad SMARTS) is 1. The Hall–Kier alpha value is -1.36. The quantitative estimate of drug-likeness (QED) is 0.786. The average molecular weight is 209 g/mol. The van der Waals surface area contributed by atoms with Gasteiger partial charge in [0.05, 0.1) is 12.0 Å². The van der Waals surface area contributed by atoms with Crippen LogP contribution in [0.15, 0.2) is 12.5 Å². The normalized spacial score (nSPS) is 22.1. The predicted octanol–water partition coefficient (Wildman–Crippen LogP) is 0.469. The number of imidazole rings is 1. The number of likely N-dealkylation sites (tertiary alicyclic amines) is 1. The summed E-state index contributed by atoms with van der Waals surface area (Å²) in [5.74, 6) is -0.713. The van der Waals surface area contributed by atoms with Gasteiger partial charge in [0.2, 0.25) is 0 Å². The lowest BCUT2D eigenvalue weighted by molar-refractivity contribution is -0.142. The highest BCUT2D eigenvalue weighted by Crippen LogP contribution is 2.19. The van der Waals surface area contributed by atoms with Gasteiger partial charge in [0, 0.05) is 19.8 Å². The molecule has 82 valence electrons. The molecule has 0 radical (unpaired) electrons. The number of aliphatic carboxylic acids is 1. The van der Waals surface area contributed by atoms with E-state index in [4.69, 9.17) is 5.11 Å². The van der Waals surface area contributed by atoms with E-state index in [1.165, 1.54) is 0 Å². The molecule has 1 aliphatic heterocycles. The van der Waals surface area contributed by atoms with Gasteiger partial charge in [-0.1, -0.05) is 0 Å². The van der Waals surface area contributed by atoms with Crippen LogP contribution in [0, 0.1) is 0 Å². The van der Waals surface area contributed by atoms with Crippen molar-refractivity contribution in [2.75, 3.05) is 6.54 Å². The Kier molecular flexibility index (Phi) is 2.73. The van der Waals surface area contributed by atoms with Gasteiger partial charge in [-0.15, -0.1) is 0 Å². The maximum absolute atomic E-state index is 11.0. The third-order valence-corrected chi connectivity index (χ3v) is 2.93. The topological polar surface area (TPSA) is 58.4 Å². The van der Waals surface area contributed by atoms with E-state index in [0.717, 1.165) is 25.1 Å². The maximum Gasteiger partial charge on any atom is 0.320 e. The third-order valence-electron chi connectivity index (χ3n) is 2.93. The summed E-state index contributed by atoms with van der Waals surface area (Å²) in [5, 5.41) is 9.02. The number of aryl methyl sites for hydroxylation is 1. The first-order valence-electron chi connectivity index (χ1n) is 5.10. The van der Waals surface area contributed by atoms with Crippen LogP contribution in [0.4, 0.5) is 0 Å². The minimum atomic E-state index is -0.713. The number of aromatic nitrogens is 2. The van der Waals surface area contributed by atoms with Crippen molar-refractivity contribution in [3.63, 3.8) is 0 Å². The molecule has 0 bridgehead atoms. The van der Waals surface area contributed by atoms with Gasteiger partial charge in [0.25, 0.3) is 0 Å². The van der Waals surface area contributed by atoms with Crippen LogP contribution in [0.3, 0.4) is 0 Å². The second-order valence-corrected chi connectivity index (χ2v) is 3.96. The first kappa shape index (κ1) is 10.2. The van der Waals surface area contributed by atoms with Crippen LogP contribution in [0.5, 0.6) is 0 Å². The third kappa shape index (κ3) is 2.02. The van der Waals surface area contributed by atoms with Gasteiger partial charge in [-0.05, 0) is 19.4 Å². The highest BCUT2D eigenvalue weighted by atomic mass is 16.4. The zero-order valence-electron chi connectivity index (χ0n) is 8.76. The molecule has 0 saturated carbocycles. The molecule has 1 aromatic heterocycles. The Morgan fingerprint density at radius 1 is 1.73 bits per heavy atom. The lowest BCUT2D eigenvalue weighted by Gasteiger charge is -2.20. The molecule has 1 saturated heterocycles. The molecule has 2 heterocycles. The Morgan fingerprint density at radius 3 is 3.13 bits per heavy atom. The molecule has 5 heteroatoms. The van der Waals surface area contributed by atoms with E-state index in [0.29, 0.717) is 6.54 Å². The summed E-state index contributed by atoms with van der Waals surface area (Å²) in [5.41, 5.74) is 1.06. The van der Waals surface area contributed by atoms with Gasteiger partial charge >= 0.3 is 5.97 Å². The summed E-state index contributed by atoms with van der Waals surface area (Å²) in [6.07, 6.45) is 5.25. The zero-order chi connectivity index (χ0) is 10.8. The molecule has 15 heavy (non-hydrogen) atoms. The van der Waals surface area contributed by atoms with Crippen LogP contribution in [0.2, 0.25) is 0 Å². The molecule has 1 fully saturated rings. The zero-order valence-corrected chi connectivity index (χ0v) is 8.76. The fourth-order valence-electron chi connectivity index (χ4n) is 2.04. The molecule has 1 N–H and O–H groups in total. The van der Waals surface area contributed by atoms with Crippen molar-refractivity contribution >= 4 is 5.97 Å². The van der Waals surface area contributed by atoms with Crippen LogP contribution in [-0.4, -0.2) is 38.1 Å². The van der Waals surface area contributed by atoms with Crippen LogP contribution in [0.1, 0.15) is 18.5 Å². The molecule has 1 aromatic rings. The number of carbonyl (C=O) groups is 1. The Balaban J connectivity index is 2.06. The molecule has 0 spiro atoms. The van der Waals surface area contributed by atoms with Crippen molar-refractivity contribution in [1.82, 2.24) is 14.5 Å². The highest BCUT2D eigenvalue weighted by molar-refractivity contribution is 5.73. The smallest absolute Gasteiger partial charge is 0.320 e. The van der Waals surface area contributed by atoms with E-state index in [-0.39, 0.29) is 6.04 Å². The lowest BCUT2D eigenvalue weighted by Crippen LogP contribution is -2.35. The Bertz CT molecular complexity index is 361. The molecule has 0 amide bonds. The summed E-state index contributed by atoms with van der Waals surface area (Å²) in [6.45, 7) is 1.54. The van der Waals surface area contributed by atoms with Crippen molar-refractivity contribution in [3.8, 4) is 0 Å². The first-order chi connectivity index (χ1) is 7.18. The lowest BCUT2D eigenvalue weighted by atomic mass is 10.2. The van der Waals surface area contributed by atoms with E-state index in [9.17, 15) is 4.79 Å². The van der Waals surface area contributed by atoms with Gasteiger partial charge < -0.3 is 9.67 Å². The molecule has 1 unspecified atom stereocenters. The Morgan fingerprint density at radius 2 is 2.53 bits per heavy atom. The van der Waals surface area contributed by atoms with Crippen LogP contribution in [-0.2, 0) is 18.4 Å². The maximum atomic E-state index is 11.0. The Labute approximate surface area is 88.3 Å². The molecular formula is C10H15N3O2. The van der Waals surface area contributed by atoms with E-state index in [1.54, 1.807) is 12.5 Å². The van der Waals surface area contributed by atoms with Gasteiger partial charge in [-0.2, -0.15) is 0 Å². The summed E-state index contributed by atoms with van der Waals surface area (Å²) in [7, 11) is 1.92. The molecule has 1 aliphatic rings. The summed E-state index contributed by atoms with van der Waals surface area (Å²) < 4.78 is 1.93. The predicted molar refractivity (Wildman–Crippen MR) is 54.3 cm³/mol. The van der Waals surface area contributed by atoms with Crippen molar-refractivity contribution in [3.05, 3.63) is 18.2 Å². The van der Waals surface area contributed by atoms with E-state index in [1.807, 2.05) is 16.5 Å². The number of rotatable bonds is 3. The second kappa shape index (κ2) is 4.02. The average Bonchev–Trinajstić information content (AvgIpc) is 2.77. The summed E-state index contributed by atoms with van der Waals surface area (Å²) in [4.78, 5) is 17.0. The number of hydrogen-bond acceptors (Lipinski definition) is 3. The minimum absolute atomic E-state index is 0.320. The van der Waals surface area contributed by atoms with Gasteiger partial charge in [0.1, 0.15) is 6.04 Å². The monoisotopic (exact) mass is 209 g/mol. The molecule has 2 rings (SSSR count). The fourth-order valence-corrected chi connectivity index (χ4v) is 2.04. The largest absolute Gasteiger partial charge is 0.480 e. The van der Waals surface area contributed by atoms with Crippen LogP contribution < -0.4 is 0 Å². The van der Waals surface area contributed by atoms with Crippen molar-refractivity contribution < 1.29 is 9.90 Å². The second-order valence-electron chi connectivity index (χ2n) is 3.96. The van der Waals surface area contributed by atoms with Gasteiger partial charge in [0.15, 0.2) is 0 Å². The summed E-state index contributed by atoms with van der Waals surface area (Å²) >= 11 is 0. The molecule has 5 nitrogen and oxygen atoms in total. The first-order valence-corrected chi connectivity index (χ1v) is 5.10. The van der Waals surface area contributed by atoms with Gasteiger partial charge in [-0.3, -0.25) is 9.69 Å². The van der Waals surface area contributed by atoms with Gasteiger partial charge in [-0.25, -0.2) is 4.98 Å². The highest BCUT2D eigenvalue weighted by Gasteiger charge is 2.30. The fraction of sp³-hybridized carbons (Fsp3) is 0.600. The number of carboxylic acids is 1. The number of nitrogens with zero attached hydrogens (tertiary/aromatic N) is 3. The molecule has 1 atom stereocenters. The SMILES string of the molecule is Cn1cncc1CN1CCCC1C(=O)O. The van der Waals surface area contributed by atoms with Crippen LogP contribution >= 0.6 is 0 Å². The minimum Gasteiger partial charge on any atom is -0.480 e. The van der Waals surface area contributed by atoms with E-state index >= 15 is 0 Å². The molecule has 0 aromatic carbocycles. The van der Waals surface area contributed by atoms with E-state index < -0.39 is 5.97 Å². The summed E-state index contributed by atoms with van der Waals surface area (Å²) in [6, 6.07) is -0.320. The molecule has 0 aliphatic carbocycles. The van der Waals surface area contributed by atoms with Crippen molar-refractivity contribution in [2.45, 2.75) is 25.4 Å². The van der Waals surface area contributed by atoms with Crippen molar-refractivity contribution in [2.24, 2.45) is 7.05 Å². The number of hydrogen-bond donors (Lipinski definition) is 1. The molecular weight excluding hydrogens is 194 g/mol. The van der Waals surface area contributed by atoms with Crippen molar-refractivity contribution in [1.29, 1.82) is 0 Å².